The lowest BCUT2D eigenvalue weighted by Crippen LogP contribution is -2.20. The summed E-state index contributed by atoms with van der Waals surface area (Å²) >= 11 is 0. The van der Waals surface area contributed by atoms with Crippen molar-refractivity contribution in [3.63, 3.8) is 0 Å². The Morgan fingerprint density at radius 2 is 1.88 bits per heavy atom. The fourth-order valence-corrected chi connectivity index (χ4v) is 2.62. The fraction of sp³-hybridized carbons (Fsp3) is 0.158. The van der Waals surface area contributed by atoms with Crippen LogP contribution in [-0.2, 0) is 0 Å². The number of nitrogens with two attached hydrogens (primary N) is 1. The van der Waals surface area contributed by atoms with Gasteiger partial charge in [0.05, 0.1) is 0 Å². The van der Waals surface area contributed by atoms with Crippen molar-refractivity contribution in [1.29, 1.82) is 0 Å². The second kappa shape index (κ2) is 7.17. The summed E-state index contributed by atoms with van der Waals surface area (Å²) in [5, 5.41) is 3.11. The van der Waals surface area contributed by atoms with Gasteiger partial charge >= 0.3 is 0 Å². The van der Waals surface area contributed by atoms with E-state index in [0.717, 1.165) is 11.3 Å². The molecule has 1 aromatic heterocycles. The lowest BCUT2D eigenvalue weighted by molar-refractivity contribution is 0.628. The van der Waals surface area contributed by atoms with Gasteiger partial charge in [-0.25, -0.2) is 14.4 Å². The topological polar surface area (TPSA) is 67.1 Å². The maximum absolute atomic E-state index is 13.1. The Balaban J connectivity index is 1.95. The van der Waals surface area contributed by atoms with E-state index in [1.165, 1.54) is 18.5 Å². The van der Waals surface area contributed by atoms with Crippen molar-refractivity contribution in [2.45, 2.75) is 13.8 Å². The third-order valence-corrected chi connectivity index (χ3v) is 3.86. The van der Waals surface area contributed by atoms with Crippen molar-refractivity contribution in [1.82, 2.24) is 9.97 Å². The van der Waals surface area contributed by atoms with Gasteiger partial charge in [-0.1, -0.05) is 12.1 Å². The van der Waals surface area contributed by atoms with Crippen molar-refractivity contribution in [3.05, 3.63) is 66.2 Å². The van der Waals surface area contributed by atoms with Crippen molar-refractivity contribution in [2.75, 3.05) is 22.5 Å². The Hall–Kier alpha value is -3.15. The number of anilines is 5. The first kappa shape index (κ1) is 16.7. The van der Waals surface area contributed by atoms with E-state index in [9.17, 15) is 4.39 Å². The number of rotatable bonds is 5. The number of benzene rings is 2. The van der Waals surface area contributed by atoms with Crippen molar-refractivity contribution < 1.29 is 4.39 Å². The quantitative estimate of drug-likeness (QED) is 0.722. The molecule has 0 unspecified atom stereocenters. The van der Waals surface area contributed by atoms with Gasteiger partial charge in [-0.2, -0.15) is 0 Å². The Morgan fingerprint density at radius 1 is 1.12 bits per heavy atom. The van der Waals surface area contributed by atoms with Crippen LogP contribution in [-0.4, -0.2) is 16.5 Å². The molecule has 0 aliphatic rings. The average molecular weight is 337 g/mol. The zero-order valence-corrected chi connectivity index (χ0v) is 14.2. The molecule has 1 heterocycles. The summed E-state index contributed by atoms with van der Waals surface area (Å²) in [6, 6.07) is 14.2. The van der Waals surface area contributed by atoms with E-state index in [4.69, 9.17) is 5.73 Å². The van der Waals surface area contributed by atoms with E-state index in [-0.39, 0.29) is 5.82 Å². The number of halogens is 1. The van der Waals surface area contributed by atoms with Gasteiger partial charge in [-0.15, -0.1) is 0 Å². The first-order valence-corrected chi connectivity index (χ1v) is 8.05. The van der Waals surface area contributed by atoms with Crippen LogP contribution in [0.3, 0.4) is 0 Å². The molecule has 6 heteroatoms. The van der Waals surface area contributed by atoms with Gasteiger partial charge in [-0.3, -0.25) is 0 Å². The lowest BCUT2D eigenvalue weighted by atomic mass is 10.2. The Kier molecular flexibility index (Phi) is 4.79. The molecule has 0 amide bonds. The van der Waals surface area contributed by atoms with E-state index >= 15 is 0 Å². The molecule has 0 aliphatic heterocycles. The van der Waals surface area contributed by atoms with Gasteiger partial charge in [0.15, 0.2) is 11.6 Å². The monoisotopic (exact) mass is 337 g/mol. The highest BCUT2D eigenvalue weighted by Gasteiger charge is 2.16. The Labute approximate surface area is 146 Å². The van der Waals surface area contributed by atoms with Crippen LogP contribution in [0.15, 0.2) is 54.9 Å². The molecule has 3 N–H and O–H groups in total. The molecule has 3 aromatic rings. The van der Waals surface area contributed by atoms with E-state index in [0.29, 0.717) is 29.6 Å². The number of hydrogen-bond donors (Lipinski definition) is 2. The number of aromatic nitrogens is 2. The molecule has 5 nitrogen and oxygen atoms in total. The predicted molar refractivity (Wildman–Crippen MR) is 100.0 cm³/mol. The van der Waals surface area contributed by atoms with Crippen LogP contribution in [0.4, 0.5) is 33.1 Å². The highest BCUT2D eigenvalue weighted by molar-refractivity contribution is 5.81. The second-order valence-corrected chi connectivity index (χ2v) is 5.67. The zero-order valence-electron chi connectivity index (χ0n) is 14.2. The van der Waals surface area contributed by atoms with Crippen molar-refractivity contribution in [3.8, 4) is 0 Å². The molecular weight excluding hydrogens is 317 g/mol. The van der Waals surface area contributed by atoms with Gasteiger partial charge in [0.1, 0.15) is 17.8 Å². The maximum atomic E-state index is 13.1. The molecule has 0 fully saturated rings. The summed E-state index contributed by atoms with van der Waals surface area (Å²) in [5.74, 6) is 0.828. The number of aryl methyl sites for hydroxylation is 1. The normalized spacial score (nSPS) is 10.5. The SMILES string of the molecule is CCN(c1cccc(C)c1)c1ncnc(Nc2ccc(F)cc2)c1N. The molecule has 3 rings (SSSR count). The summed E-state index contributed by atoms with van der Waals surface area (Å²) in [4.78, 5) is 10.6. The molecule has 0 bridgehead atoms. The molecule has 0 saturated carbocycles. The van der Waals surface area contributed by atoms with Crippen molar-refractivity contribution in [2.24, 2.45) is 0 Å². The molecule has 0 radical (unpaired) electrons. The summed E-state index contributed by atoms with van der Waals surface area (Å²) in [5.41, 5.74) is 9.63. The van der Waals surface area contributed by atoms with Crippen LogP contribution in [0.5, 0.6) is 0 Å². The van der Waals surface area contributed by atoms with E-state index in [1.54, 1.807) is 12.1 Å². The molecule has 128 valence electrons. The van der Waals surface area contributed by atoms with Crippen LogP contribution in [0.1, 0.15) is 12.5 Å². The van der Waals surface area contributed by atoms with Crippen molar-refractivity contribution >= 4 is 28.7 Å². The van der Waals surface area contributed by atoms with Gasteiger partial charge < -0.3 is 16.0 Å². The van der Waals surface area contributed by atoms with E-state index in [2.05, 4.69) is 21.4 Å². The van der Waals surface area contributed by atoms with Crippen LogP contribution >= 0.6 is 0 Å². The van der Waals surface area contributed by atoms with Crippen LogP contribution in [0.25, 0.3) is 0 Å². The van der Waals surface area contributed by atoms with Crippen LogP contribution in [0, 0.1) is 12.7 Å². The van der Waals surface area contributed by atoms with Gasteiger partial charge in [0.25, 0.3) is 0 Å². The van der Waals surface area contributed by atoms with E-state index < -0.39 is 0 Å². The lowest BCUT2D eigenvalue weighted by Gasteiger charge is -2.24. The van der Waals surface area contributed by atoms with E-state index in [1.807, 2.05) is 36.9 Å². The summed E-state index contributed by atoms with van der Waals surface area (Å²) in [7, 11) is 0. The molecule has 0 saturated heterocycles. The summed E-state index contributed by atoms with van der Waals surface area (Å²) in [6.07, 6.45) is 1.47. The highest BCUT2D eigenvalue weighted by Crippen LogP contribution is 2.33. The second-order valence-electron chi connectivity index (χ2n) is 5.67. The fourth-order valence-electron chi connectivity index (χ4n) is 2.62. The minimum absolute atomic E-state index is 0.293. The number of nitrogens with one attached hydrogen (secondary N) is 1. The van der Waals surface area contributed by atoms with Crippen LogP contribution in [0.2, 0.25) is 0 Å². The minimum Gasteiger partial charge on any atom is -0.393 e. The first-order valence-electron chi connectivity index (χ1n) is 8.05. The molecule has 25 heavy (non-hydrogen) atoms. The Morgan fingerprint density at radius 3 is 2.56 bits per heavy atom. The highest BCUT2D eigenvalue weighted by atomic mass is 19.1. The summed E-state index contributed by atoms with van der Waals surface area (Å²) in [6.45, 7) is 4.79. The maximum Gasteiger partial charge on any atom is 0.161 e. The van der Waals surface area contributed by atoms with Gasteiger partial charge in [0.2, 0.25) is 0 Å². The first-order chi connectivity index (χ1) is 12.1. The predicted octanol–water partition coefficient (Wildman–Crippen LogP) is 4.41. The number of hydrogen-bond acceptors (Lipinski definition) is 5. The minimum atomic E-state index is -0.293. The number of nitrogens with zero attached hydrogens (tertiary/aromatic N) is 3. The number of nitrogen functional groups attached to an aromatic ring is 1. The standard InChI is InChI=1S/C19H20FN5/c1-3-25(16-6-4-5-13(2)11-16)19-17(21)18(22-12-23-19)24-15-9-7-14(20)8-10-15/h4-12H,3,21H2,1-2H3,(H,22,23,24). The zero-order chi connectivity index (χ0) is 17.8. The average Bonchev–Trinajstić information content (AvgIpc) is 2.61. The Bertz CT molecular complexity index is 864. The third kappa shape index (κ3) is 3.68. The van der Waals surface area contributed by atoms with Gasteiger partial charge in [-0.05, 0) is 55.8 Å². The smallest absolute Gasteiger partial charge is 0.161 e. The van der Waals surface area contributed by atoms with Crippen LogP contribution < -0.4 is 16.0 Å². The molecule has 2 aromatic carbocycles. The largest absolute Gasteiger partial charge is 0.393 e. The third-order valence-electron chi connectivity index (χ3n) is 3.86. The van der Waals surface area contributed by atoms with Gasteiger partial charge in [0, 0.05) is 17.9 Å². The molecule has 0 spiro atoms. The molecule has 0 atom stereocenters. The summed E-state index contributed by atoms with van der Waals surface area (Å²) < 4.78 is 13.1. The molecular formula is C19H20FN5. The molecule has 0 aliphatic carbocycles.